The molecule has 1 rings (SSSR count). The summed E-state index contributed by atoms with van der Waals surface area (Å²) in [6.07, 6.45) is 0. The van der Waals surface area contributed by atoms with Crippen LogP contribution in [0.4, 0.5) is 0 Å². The Morgan fingerprint density at radius 1 is 1.20 bits per heavy atom. The highest BCUT2D eigenvalue weighted by molar-refractivity contribution is 7.99. The molecule has 0 heterocycles. The Labute approximate surface area is 106 Å². The maximum Gasteiger partial charge on any atom is 0.0555 e. The number of thioether (sulfide) groups is 1. The van der Waals surface area contributed by atoms with Gasteiger partial charge in [0.1, 0.15) is 0 Å². The summed E-state index contributed by atoms with van der Waals surface area (Å²) in [7, 11) is 0. The monoisotopic (exact) mass is 267 g/mol. The Balaban J connectivity index is 0.00000196. The van der Waals surface area contributed by atoms with E-state index in [1.54, 1.807) is 11.8 Å². The Kier molecular flexibility index (Phi) is 9.35. The van der Waals surface area contributed by atoms with Gasteiger partial charge in [-0.05, 0) is 24.3 Å². The normalized spacial score (nSPS) is 9.73. The molecule has 0 radical (unpaired) electrons. The molecule has 1 aromatic carbocycles. The minimum Gasteiger partial charge on any atom is -0.395 e. The smallest absolute Gasteiger partial charge is 0.0555 e. The maximum absolute atomic E-state index is 8.53. The fourth-order valence-electron chi connectivity index (χ4n) is 0.976. The molecular formula is C10H15Cl2NOS. The van der Waals surface area contributed by atoms with Gasteiger partial charge in [0.2, 0.25) is 0 Å². The van der Waals surface area contributed by atoms with Crippen molar-refractivity contribution in [3.05, 3.63) is 29.3 Å². The molecule has 0 saturated carbocycles. The van der Waals surface area contributed by atoms with E-state index in [0.29, 0.717) is 6.54 Å². The predicted molar refractivity (Wildman–Crippen MR) is 69.4 cm³/mol. The third-order valence-corrected chi connectivity index (χ3v) is 2.92. The van der Waals surface area contributed by atoms with E-state index >= 15 is 0 Å². The molecule has 2 N–H and O–H groups in total. The molecule has 2 nitrogen and oxygen atoms in total. The van der Waals surface area contributed by atoms with Crippen molar-refractivity contribution in [1.29, 1.82) is 0 Å². The summed E-state index contributed by atoms with van der Waals surface area (Å²) in [5.74, 6) is 1.00. The number of hydrogen-bond acceptors (Lipinski definition) is 3. The van der Waals surface area contributed by atoms with Crippen molar-refractivity contribution in [3.8, 4) is 0 Å². The molecule has 0 fully saturated rings. The van der Waals surface area contributed by atoms with Crippen molar-refractivity contribution < 1.29 is 5.11 Å². The van der Waals surface area contributed by atoms with E-state index in [1.165, 1.54) is 4.90 Å². The predicted octanol–water partition coefficient (Wildman–Crippen LogP) is 2.44. The lowest BCUT2D eigenvalue weighted by molar-refractivity contribution is 0.294. The lowest BCUT2D eigenvalue weighted by atomic mass is 10.4. The molecule has 0 atom stereocenters. The van der Waals surface area contributed by atoms with Gasteiger partial charge in [0.25, 0.3) is 0 Å². The van der Waals surface area contributed by atoms with Gasteiger partial charge >= 0.3 is 0 Å². The molecule has 0 aliphatic heterocycles. The molecule has 0 unspecified atom stereocenters. The first-order valence-electron chi connectivity index (χ1n) is 4.53. The van der Waals surface area contributed by atoms with Gasteiger partial charge < -0.3 is 10.4 Å². The van der Waals surface area contributed by atoms with E-state index in [1.807, 2.05) is 24.3 Å². The molecular weight excluding hydrogens is 253 g/mol. The molecule has 0 amide bonds. The number of aliphatic hydroxyl groups excluding tert-OH is 1. The first kappa shape index (κ1) is 15.1. The van der Waals surface area contributed by atoms with Crippen molar-refractivity contribution >= 4 is 35.8 Å². The molecule has 0 spiro atoms. The molecule has 86 valence electrons. The lowest BCUT2D eigenvalue weighted by Gasteiger charge is -2.02. The van der Waals surface area contributed by atoms with E-state index in [2.05, 4.69) is 5.32 Å². The van der Waals surface area contributed by atoms with Crippen LogP contribution in [0.2, 0.25) is 5.02 Å². The van der Waals surface area contributed by atoms with Gasteiger partial charge in [-0.25, -0.2) is 0 Å². The maximum atomic E-state index is 8.53. The molecule has 0 saturated heterocycles. The molecule has 0 aliphatic carbocycles. The lowest BCUT2D eigenvalue weighted by Crippen LogP contribution is -2.20. The van der Waals surface area contributed by atoms with Gasteiger partial charge in [-0.15, -0.1) is 24.2 Å². The summed E-state index contributed by atoms with van der Waals surface area (Å²) in [4.78, 5) is 1.22. The van der Waals surface area contributed by atoms with E-state index in [0.717, 1.165) is 17.3 Å². The van der Waals surface area contributed by atoms with Gasteiger partial charge in [-0.3, -0.25) is 0 Å². The molecule has 0 aliphatic rings. The summed E-state index contributed by atoms with van der Waals surface area (Å²) in [6, 6.07) is 7.81. The third-order valence-electron chi connectivity index (χ3n) is 1.65. The summed E-state index contributed by atoms with van der Waals surface area (Å²) in [5, 5.41) is 12.4. The van der Waals surface area contributed by atoms with Crippen LogP contribution < -0.4 is 5.32 Å². The van der Waals surface area contributed by atoms with Crippen LogP contribution in [0.3, 0.4) is 0 Å². The van der Waals surface area contributed by atoms with Crippen molar-refractivity contribution in [2.75, 3.05) is 25.4 Å². The van der Waals surface area contributed by atoms with E-state index in [9.17, 15) is 0 Å². The largest absolute Gasteiger partial charge is 0.395 e. The highest BCUT2D eigenvalue weighted by Gasteiger charge is 1.93. The van der Waals surface area contributed by atoms with Crippen molar-refractivity contribution in [1.82, 2.24) is 5.32 Å². The second-order valence-corrected chi connectivity index (χ2v) is 4.38. The average Bonchev–Trinajstić information content (AvgIpc) is 2.21. The summed E-state index contributed by atoms with van der Waals surface area (Å²) >= 11 is 7.54. The fourth-order valence-corrected chi connectivity index (χ4v) is 1.91. The highest BCUT2D eigenvalue weighted by atomic mass is 35.5. The minimum atomic E-state index is 0. The Morgan fingerprint density at radius 2 is 1.87 bits per heavy atom. The average molecular weight is 268 g/mol. The van der Waals surface area contributed by atoms with Crippen LogP contribution in [0, 0.1) is 0 Å². The van der Waals surface area contributed by atoms with Crippen molar-refractivity contribution in [2.45, 2.75) is 4.90 Å². The SMILES string of the molecule is Cl.OCCNCCSc1ccc(Cl)cc1. The highest BCUT2D eigenvalue weighted by Crippen LogP contribution is 2.19. The number of halogens is 2. The van der Waals surface area contributed by atoms with Gasteiger partial charge in [0, 0.05) is 28.8 Å². The quantitative estimate of drug-likeness (QED) is 0.614. The summed E-state index contributed by atoms with van der Waals surface area (Å²) in [5.41, 5.74) is 0. The molecule has 5 heteroatoms. The van der Waals surface area contributed by atoms with Crippen LogP contribution in [0.5, 0.6) is 0 Å². The second-order valence-electron chi connectivity index (χ2n) is 2.78. The first-order valence-corrected chi connectivity index (χ1v) is 5.89. The van der Waals surface area contributed by atoms with Crippen molar-refractivity contribution in [2.24, 2.45) is 0 Å². The van der Waals surface area contributed by atoms with Crippen LogP contribution in [0.1, 0.15) is 0 Å². The molecule has 0 aromatic heterocycles. The topological polar surface area (TPSA) is 32.3 Å². The number of nitrogens with one attached hydrogen (secondary N) is 1. The Bertz CT molecular complexity index is 256. The second kappa shape index (κ2) is 9.31. The van der Waals surface area contributed by atoms with Gasteiger partial charge in [-0.2, -0.15) is 0 Å². The number of aliphatic hydroxyl groups is 1. The van der Waals surface area contributed by atoms with Gasteiger partial charge in [0.05, 0.1) is 6.61 Å². The van der Waals surface area contributed by atoms with E-state index in [-0.39, 0.29) is 19.0 Å². The number of benzene rings is 1. The number of hydrogen-bond donors (Lipinski definition) is 2. The van der Waals surface area contributed by atoms with Gasteiger partial charge in [0.15, 0.2) is 0 Å². The van der Waals surface area contributed by atoms with Crippen LogP contribution in [-0.2, 0) is 0 Å². The zero-order chi connectivity index (χ0) is 10.2. The molecule has 0 bridgehead atoms. The molecule has 15 heavy (non-hydrogen) atoms. The summed E-state index contributed by atoms with van der Waals surface area (Å²) in [6.45, 7) is 1.78. The third kappa shape index (κ3) is 7.03. The summed E-state index contributed by atoms with van der Waals surface area (Å²) < 4.78 is 0. The Morgan fingerprint density at radius 3 is 2.47 bits per heavy atom. The molecule has 1 aromatic rings. The van der Waals surface area contributed by atoms with Crippen LogP contribution in [0.25, 0.3) is 0 Å². The van der Waals surface area contributed by atoms with Crippen LogP contribution in [-0.4, -0.2) is 30.6 Å². The van der Waals surface area contributed by atoms with Crippen LogP contribution in [0.15, 0.2) is 29.2 Å². The zero-order valence-electron chi connectivity index (χ0n) is 8.28. The van der Waals surface area contributed by atoms with Crippen molar-refractivity contribution in [3.63, 3.8) is 0 Å². The number of rotatable bonds is 6. The Hall–Kier alpha value is 0.0700. The van der Waals surface area contributed by atoms with Gasteiger partial charge in [-0.1, -0.05) is 11.6 Å². The first-order chi connectivity index (χ1) is 6.83. The van der Waals surface area contributed by atoms with Crippen LogP contribution >= 0.6 is 35.8 Å². The fraction of sp³-hybridized carbons (Fsp3) is 0.400. The zero-order valence-corrected chi connectivity index (χ0v) is 10.7. The standard InChI is InChI=1S/C10H14ClNOS.ClH/c11-9-1-3-10(4-2-9)14-8-6-12-5-7-13;/h1-4,12-13H,5-8H2;1H. The van der Waals surface area contributed by atoms with E-state index in [4.69, 9.17) is 16.7 Å². The minimum absolute atomic E-state index is 0. The van der Waals surface area contributed by atoms with E-state index < -0.39 is 0 Å².